The quantitative estimate of drug-likeness (QED) is 0.582. The zero-order valence-electron chi connectivity index (χ0n) is 4.52. The van der Waals surface area contributed by atoms with Crippen LogP contribution in [0.4, 0.5) is 0 Å². The normalized spacial score (nSPS) is 9.62. The number of aromatic nitrogens is 2. The molecule has 0 aliphatic rings. The molecule has 2 N–H and O–H groups in total. The van der Waals surface area contributed by atoms with E-state index in [0.717, 1.165) is 12.2 Å². The monoisotopic (exact) mass is 110 g/mol. The summed E-state index contributed by atoms with van der Waals surface area (Å²) in [6.45, 7) is 0.410. The van der Waals surface area contributed by atoms with Crippen molar-refractivity contribution < 1.29 is 0 Å². The molecule has 3 heteroatoms. The second kappa shape index (κ2) is 2.47. The van der Waals surface area contributed by atoms with Crippen LogP contribution in [0.1, 0.15) is 5.82 Å². The van der Waals surface area contributed by atoms with Gasteiger partial charge in [-0.3, -0.25) is 5.73 Å². The summed E-state index contributed by atoms with van der Waals surface area (Å²) in [4.78, 5) is 6.84. The highest BCUT2D eigenvalue weighted by Gasteiger charge is 1.88. The second-order valence-corrected chi connectivity index (χ2v) is 1.54. The fraction of sp³-hybridized carbons (Fsp3) is 0.400. The van der Waals surface area contributed by atoms with Gasteiger partial charge in [0.05, 0.1) is 0 Å². The zero-order chi connectivity index (χ0) is 5.82. The zero-order valence-corrected chi connectivity index (χ0v) is 4.52. The van der Waals surface area contributed by atoms with Gasteiger partial charge in [0.25, 0.3) is 0 Å². The van der Waals surface area contributed by atoms with Gasteiger partial charge in [-0.25, -0.2) is 4.98 Å². The fourth-order valence-corrected chi connectivity index (χ4v) is 0.553. The van der Waals surface area contributed by atoms with Crippen molar-refractivity contribution in [2.75, 3.05) is 6.54 Å². The molecule has 0 saturated heterocycles. The molecule has 1 rings (SSSR count). The Morgan fingerprint density at radius 3 is 3.12 bits per heavy atom. The smallest absolute Gasteiger partial charge is 0.107 e. The fourth-order valence-electron chi connectivity index (χ4n) is 0.553. The molecule has 1 aromatic rings. The Hall–Kier alpha value is -0.830. The first-order chi connectivity index (χ1) is 3.93. The van der Waals surface area contributed by atoms with Crippen LogP contribution in [0.25, 0.3) is 0 Å². The van der Waals surface area contributed by atoms with E-state index in [2.05, 4.69) is 9.97 Å². The SMILES string of the molecule is [NH]CCc1ncc[nH]1. The number of H-pyrrole nitrogens is 1. The van der Waals surface area contributed by atoms with E-state index in [4.69, 9.17) is 5.73 Å². The third-order valence-electron chi connectivity index (χ3n) is 0.917. The predicted octanol–water partition coefficient (Wildman–Crippen LogP) is 0.235. The lowest BCUT2D eigenvalue weighted by Gasteiger charge is -1.85. The summed E-state index contributed by atoms with van der Waals surface area (Å²) in [6, 6.07) is 0. The number of nitrogens with one attached hydrogen (secondary N) is 2. The predicted molar refractivity (Wildman–Crippen MR) is 30.3 cm³/mol. The maximum Gasteiger partial charge on any atom is 0.107 e. The van der Waals surface area contributed by atoms with Crippen molar-refractivity contribution in [3.05, 3.63) is 18.2 Å². The molecule has 0 aliphatic carbocycles. The van der Waals surface area contributed by atoms with Gasteiger partial charge in [-0.1, -0.05) is 0 Å². The van der Waals surface area contributed by atoms with E-state index in [-0.39, 0.29) is 0 Å². The van der Waals surface area contributed by atoms with Gasteiger partial charge >= 0.3 is 0 Å². The van der Waals surface area contributed by atoms with Gasteiger partial charge in [-0.15, -0.1) is 0 Å². The topological polar surface area (TPSA) is 52.5 Å². The molecule has 0 amide bonds. The third kappa shape index (κ3) is 1.07. The van der Waals surface area contributed by atoms with Crippen molar-refractivity contribution in [1.82, 2.24) is 15.7 Å². The van der Waals surface area contributed by atoms with Crippen LogP contribution < -0.4 is 5.73 Å². The molecular formula is C5H8N3. The summed E-state index contributed by atoms with van der Waals surface area (Å²) in [5, 5.41) is 0. The average Bonchev–Trinajstić information content (AvgIpc) is 2.19. The maximum atomic E-state index is 6.82. The van der Waals surface area contributed by atoms with E-state index in [1.807, 2.05) is 0 Å². The van der Waals surface area contributed by atoms with Crippen molar-refractivity contribution in [2.45, 2.75) is 6.42 Å². The average molecular weight is 110 g/mol. The molecule has 0 saturated carbocycles. The molecule has 1 heterocycles. The largest absolute Gasteiger partial charge is 0.349 e. The Bertz CT molecular complexity index is 133. The Morgan fingerprint density at radius 2 is 2.62 bits per heavy atom. The van der Waals surface area contributed by atoms with Crippen LogP contribution in [0.3, 0.4) is 0 Å². The van der Waals surface area contributed by atoms with E-state index in [0.29, 0.717) is 6.54 Å². The number of rotatable bonds is 2. The van der Waals surface area contributed by atoms with E-state index < -0.39 is 0 Å². The first-order valence-electron chi connectivity index (χ1n) is 2.56. The van der Waals surface area contributed by atoms with E-state index in [1.165, 1.54) is 0 Å². The van der Waals surface area contributed by atoms with Crippen LogP contribution in [-0.4, -0.2) is 16.5 Å². The highest BCUT2D eigenvalue weighted by Crippen LogP contribution is 1.86. The van der Waals surface area contributed by atoms with Gasteiger partial charge in [0.1, 0.15) is 5.82 Å². The Balaban J connectivity index is 2.50. The van der Waals surface area contributed by atoms with Gasteiger partial charge in [0, 0.05) is 25.4 Å². The van der Waals surface area contributed by atoms with Gasteiger partial charge in [0.15, 0.2) is 0 Å². The minimum Gasteiger partial charge on any atom is -0.349 e. The molecule has 8 heavy (non-hydrogen) atoms. The first-order valence-corrected chi connectivity index (χ1v) is 2.56. The van der Waals surface area contributed by atoms with Gasteiger partial charge in [-0.05, 0) is 0 Å². The second-order valence-electron chi connectivity index (χ2n) is 1.54. The summed E-state index contributed by atoms with van der Waals surface area (Å²) < 4.78 is 0. The minimum absolute atomic E-state index is 0.410. The molecule has 1 aromatic heterocycles. The molecule has 1 radical (unpaired) electrons. The lowest BCUT2D eigenvalue weighted by atomic mass is 10.4. The number of hydrogen-bond donors (Lipinski definition) is 1. The maximum absolute atomic E-state index is 6.82. The van der Waals surface area contributed by atoms with Crippen LogP contribution in [0, 0.1) is 0 Å². The molecule has 0 aromatic carbocycles. The summed E-state index contributed by atoms with van der Waals surface area (Å²) in [7, 11) is 0. The summed E-state index contributed by atoms with van der Waals surface area (Å²) in [5.74, 6) is 0.903. The lowest BCUT2D eigenvalue weighted by molar-refractivity contribution is 0.876. The molecular weight excluding hydrogens is 102 g/mol. The van der Waals surface area contributed by atoms with Crippen molar-refractivity contribution in [3.8, 4) is 0 Å². The number of aromatic amines is 1. The van der Waals surface area contributed by atoms with Crippen molar-refractivity contribution in [2.24, 2.45) is 0 Å². The number of nitrogens with zero attached hydrogens (tertiary/aromatic N) is 1. The lowest BCUT2D eigenvalue weighted by Crippen LogP contribution is -1.93. The molecule has 0 bridgehead atoms. The number of hydrogen-bond acceptors (Lipinski definition) is 1. The Morgan fingerprint density at radius 1 is 1.75 bits per heavy atom. The third-order valence-corrected chi connectivity index (χ3v) is 0.917. The van der Waals surface area contributed by atoms with Gasteiger partial charge in [-0.2, -0.15) is 0 Å². The van der Waals surface area contributed by atoms with E-state index >= 15 is 0 Å². The van der Waals surface area contributed by atoms with Gasteiger partial charge < -0.3 is 4.98 Å². The highest BCUT2D eigenvalue weighted by molar-refractivity contribution is 4.86. The first kappa shape index (κ1) is 5.31. The minimum atomic E-state index is 0.410. The molecule has 0 aliphatic heterocycles. The van der Waals surface area contributed by atoms with Crippen molar-refractivity contribution in [3.63, 3.8) is 0 Å². The molecule has 0 fully saturated rings. The molecule has 43 valence electrons. The van der Waals surface area contributed by atoms with Crippen LogP contribution in [-0.2, 0) is 6.42 Å². The van der Waals surface area contributed by atoms with E-state index in [9.17, 15) is 0 Å². The van der Waals surface area contributed by atoms with Gasteiger partial charge in [0.2, 0.25) is 0 Å². The molecule has 3 nitrogen and oxygen atoms in total. The van der Waals surface area contributed by atoms with Crippen molar-refractivity contribution >= 4 is 0 Å². The Kier molecular flexibility index (Phi) is 1.64. The highest BCUT2D eigenvalue weighted by atomic mass is 14.9. The van der Waals surface area contributed by atoms with Crippen LogP contribution in [0.5, 0.6) is 0 Å². The van der Waals surface area contributed by atoms with Crippen LogP contribution in [0.15, 0.2) is 12.4 Å². The summed E-state index contributed by atoms with van der Waals surface area (Å²) >= 11 is 0. The van der Waals surface area contributed by atoms with E-state index in [1.54, 1.807) is 12.4 Å². The summed E-state index contributed by atoms with van der Waals surface area (Å²) in [5.41, 5.74) is 6.82. The summed E-state index contributed by atoms with van der Waals surface area (Å²) in [6.07, 6.45) is 4.20. The number of imidazole rings is 1. The standard InChI is InChI=1S/C5H8N3/c6-2-1-5-7-3-4-8-5/h3-4,6H,1-2H2,(H,7,8). The Labute approximate surface area is 47.9 Å². The molecule has 0 unspecified atom stereocenters. The molecule has 0 spiro atoms. The van der Waals surface area contributed by atoms with Crippen molar-refractivity contribution in [1.29, 1.82) is 0 Å². The van der Waals surface area contributed by atoms with Crippen LogP contribution in [0.2, 0.25) is 0 Å². The molecule has 0 atom stereocenters. The van der Waals surface area contributed by atoms with Crippen LogP contribution >= 0.6 is 0 Å².